The van der Waals surface area contributed by atoms with Gasteiger partial charge in [-0.05, 0) is 42.0 Å². The van der Waals surface area contributed by atoms with Gasteiger partial charge in [0, 0.05) is 11.9 Å². The normalized spacial score (nSPS) is 11.8. The third-order valence-corrected chi connectivity index (χ3v) is 5.72. The van der Waals surface area contributed by atoms with Crippen molar-refractivity contribution >= 4 is 22.9 Å². The maximum atomic E-state index is 14.2. The van der Waals surface area contributed by atoms with Crippen molar-refractivity contribution in [3.8, 4) is 32.5 Å². The highest BCUT2D eigenvalue weighted by molar-refractivity contribution is 7.18. The van der Waals surface area contributed by atoms with Gasteiger partial charge in [-0.25, -0.2) is 14.1 Å². The van der Waals surface area contributed by atoms with Gasteiger partial charge in [0.2, 0.25) is 0 Å². The highest BCUT2D eigenvalue weighted by Gasteiger charge is 2.30. The van der Waals surface area contributed by atoms with Gasteiger partial charge in [0.1, 0.15) is 5.82 Å². The second-order valence-corrected chi connectivity index (χ2v) is 7.71. The second-order valence-electron chi connectivity index (χ2n) is 6.22. The zero-order valence-electron chi connectivity index (χ0n) is 14.8. The number of rotatable bonds is 3. The molecule has 0 fully saturated rings. The summed E-state index contributed by atoms with van der Waals surface area (Å²) in [6.45, 7) is 0. The van der Waals surface area contributed by atoms with Gasteiger partial charge >= 0.3 is 6.18 Å². The lowest BCUT2D eigenvalue weighted by molar-refractivity contribution is -0.137. The van der Waals surface area contributed by atoms with Crippen LogP contribution in [-0.4, -0.2) is 14.8 Å². The van der Waals surface area contributed by atoms with Crippen LogP contribution in [-0.2, 0) is 13.2 Å². The fourth-order valence-electron chi connectivity index (χ4n) is 2.85. The molecule has 4 rings (SSSR count). The number of aromatic nitrogens is 3. The van der Waals surface area contributed by atoms with Gasteiger partial charge in [0.25, 0.3) is 0 Å². The van der Waals surface area contributed by atoms with Crippen molar-refractivity contribution in [2.75, 3.05) is 0 Å². The molecule has 0 aliphatic heterocycles. The Labute approximate surface area is 172 Å². The lowest BCUT2D eigenvalue weighted by atomic mass is 10.1. The molecule has 9 heteroatoms. The van der Waals surface area contributed by atoms with Crippen LogP contribution in [0.4, 0.5) is 17.6 Å². The smallest absolute Gasteiger partial charge is 0.248 e. The average Bonchev–Trinajstić information content (AvgIpc) is 3.28. The number of aryl methyl sites for hydroxylation is 1. The summed E-state index contributed by atoms with van der Waals surface area (Å²) in [7, 11) is 1.68. The minimum atomic E-state index is -4.37. The van der Waals surface area contributed by atoms with Crippen molar-refractivity contribution in [1.29, 1.82) is 0 Å². The van der Waals surface area contributed by atoms with Crippen LogP contribution in [0.15, 0.2) is 54.6 Å². The molecule has 0 amide bonds. The molecule has 0 aliphatic rings. The van der Waals surface area contributed by atoms with Crippen molar-refractivity contribution in [2.45, 2.75) is 6.18 Å². The van der Waals surface area contributed by atoms with E-state index in [2.05, 4.69) is 10.1 Å². The van der Waals surface area contributed by atoms with Gasteiger partial charge in [0.15, 0.2) is 11.6 Å². The molecule has 0 spiro atoms. The molecule has 4 aromatic rings. The zero-order valence-corrected chi connectivity index (χ0v) is 16.4. The summed E-state index contributed by atoms with van der Waals surface area (Å²) >= 11 is 7.45. The van der Waals surface area contributed by atoms with Gasteiger partial charge in [0.05, 0.1) is 21.0 Å². The van der Waals surface area contributed by atoms with Crippen LogP contribution < -0.4 is 0 Å². The summed E-state index contributed by atoms with van der Waals surface area (Å²) in [5.41, 5.74) is 0.0852. The number of hydrogen-bond acceptors (Lipinski definition) is 3. The minimum absolute atomic E-state index is 0.121. The number of nitrogens with zero attached hydrogens (tertiary/aromatic N) is 3. The molecule has 2 heterocycles. The maximum absolute atomic E-state index is 14.2. The van der Waals surface area contributed by atoms with Crippen molar-refractivity contribution in [3.63, 3.8) is 0 Å². The van der Waals surface area contributed by atoms with Crippen LogP contribution in [0.1, 0.15) is 5.56 Å². The Kier molecular flexibility index (Phi) is 4.92. The Hall–Kier alpha value is -2.71. The van der Waals surface area contributed by atoms with E-state index in [0.717, 1.165) is 21.9 Å². The Morgan fingerprint density at radius 3 is 2.31 bits per heavy atom. The van der Waals surface area contributed by atoms with E-state index in [1.54, 1.807) is 25.2 Å². The summed E-state index contributed by atoms with van der Waals surface area (Å²) in [6, 6.07) is 12.9. The Balaban J connectivity index is 1.68. The van der Waals surface area contributed by atoms with E-state index in [4.69, 9.17) is 11.6 Å². The molecule has 3 nitrogen and oxygen atoms in total. The Morgan fingerprint density at radius 1 is 0.966 bits per heavy atom. The summed E-state index contributed by atoms with van der Waals surface area (Å²) in [6.07, 6.45) is -4.37. The minimum Gasteiger partial charge on any atom is -0.248 e. The standard InChI is InChI=1S/C20H12ClF4N3S/c1-28-19(26-18(27-28)17-13(21)3-2-4-14(17)22)16-10-9-15(29-16)11-5-7-12(8-6-11)20(23,24)25/h2-10H,1H3. The van der Waals surface area contributed by atoms with Gasteiger partial charge in [-0.2, -0.15) is 18.3 Å². The van der Waals surface area contributed by atoms with E-state index in [0.29, 0.717) is 11.4 Å². The van der Waals surface area contributed by atoms with E-state index < -0.39 is 17.6 Å². The average molecular weight is 438 g/mol. The first-order valence-electron chi connectivity index (χ1n) is 8.37. The zero-order chi connectivity index (χ0) is 20.8. The summed E-state index contributed by atoms with van der Waals surface area (Å²) in [5, 5.41) is 4.47. The SMILES string of the molecule is Cn1nc(-c2c(F)cccc2Cl)nc1-c1ccc(-c2ccc(C(F)(F)F)cc2)s1. The first kappa shape index (κ1) is 19.6. The molecule has 0 radical (unpaired) electrons. The fraction of sp³-hybridized carbons (Fsp3) is 0.100. The van der Waals surface area contributed by atoms with Crippen LogP contribution in [0.5, 0.6) is 0 Å². The molecular formula is C20H12ClF4N3S. The summed E-state index contributed by atoms with van der Waals surface area (Å²) in [5.74, 6) is 0.142. The first-order valence-corrected chi connectivity index (χ1v) is 9.57. The van der Waals surface area contributed by atoms with E-state index >= 15 is 0 Å². The molecule has 29 heavy (non-hydrogen) atoms. The topological polar surface area (TPSA) is 30.7 Å². The van der Waals surface area contributed by atoms with Crippen molar-refractivity contribution in [1.82, 2.24) is 14.8 Å². The van der Waals surface area contributed by atoms with Crippen LogP contribution in [0.25, 0.3) is 32.5 Å². The molecule has 0 saturated carbocycles. The number of thiophene rings is 1. The highest BCUT2D eigenvalue weighted by atomic mass is 35.5. The van der Waals surface area contributed by atoms with E-state index in [1.165, 1.54) is 40.3 Å². The van der Waals surface area contributed by atoms with E-state index in [1.807, 2.05) is 0 Å². The first-order chi connectivity index (χ1) is 13.7. The summed E-state index contributed by atoms with van der Waals surface area (Å²) in [4.78, 5) is 5.94. The number of halogens is 5. The number of alkyl halides is 3. The molecular weight excluding hydrogens is 426 g/mol. The molecule has 0 saturated heterocycles. The van der Waals surface area contributed by atoms with Crippen molar-refractivity contribution in [2.24, 2.45) is 7.05 Å². The highest BCUT2D eigenvalue weighted by Crippen LogP contribution is 2.37. The van der Waals surface area contributed by atoms with Gasteiger partial charge in [-0.3, -0.25) is 0 Å². The predicted octanol–water partition coefficient (Wildman–Crippen LogP) is 6.69. The van der Waals surface area contributed by atoms with Gasteiger partial charge < -0.3 is 0 Å². The molecule has 0 N–H and O–H groups in total. The number of benzene rings is 2. The third kappa shape index (κ3) is 3.77. The Bertz CT molecular complexity index is 1160. The second kappa shape index (κ2) is 7.27. The quantitative estimate of drug-likeness (QED) is 0.334. The van der Waals surface area contributed by atoms with Crippen LogP contribution in [0, 0.1) is 5.82 Å². The lowest BCUT2D eigenvalue weighted by Gasteiger charge is -2.06. The molecule has 0 aliphatic carbocycles. The fourth-order valence-corrected chi connectivity index (χ4v) is 4.13. The largest absolute Gasteiger partial charge is 0.416 e. The molecule has 148 valence electrons. The molecule has 2 aromatic carbocycles. The maximum Gasteiger partial charge on any atom is 0.416 e. The molecule has 0 atom stereocenters. The molecule has 0 unspecified atom stereocenters. The Morgan fingerprint density at radius 2 is 1.66 bits per heavy atom. The van der Waals surface area contributed by atoms with E-state index in [-0.39, 0.29) is 16.4 Å². The molecule has 0 bridgehead atoms. The predicted molar refractivity (Wildman–Crippen MR) is 105 cm³/mol. The lowest BCUT2D eigenvalue weighted by Crippen LogP contribution is -2.03. The third-order valence-electron chi connectivity index (χ3n) is 4.27. The molecule has 2 aromatic heterocycles. The van der Waals surface area contributed by atoms with Crippen LogP contribution >= 0.6 is 22.9 Å². The van der Waals surface area contributed by atoms with Crippen LogP contribution in [0.2, 0.25) is 5.02 Å². The van der Waals surface area contributed by atoms with Crippen molar-refractivity contribution < 1.29 is 17.6 Å². The van der Waals surface area contributed by atoms with Gasteiger partial charge in [-0.15, -0.1) is 11.3 Å². The van der Waals surface area contributed by atoms with E-state index in [9.17, 15) is 17.6 Å². The monoisotopic (exact) mass is 437 g/mol. The van der Waals surface area contributed by atoms with Gasteiger partial charge in [-0.1, -0.05) is 29.8 Å². The number of hydrogen-bond donors (Lipinski definition) is 0. The van der Waals surface area contributed by atoms with Crippen LogP contribution in [0.3, 0.4) is 0 Å². The van der Waals surface area contributed by atoms with Crippen molar-refractivity contribution in [3.05, 3.63) is 71.0 Å². The summed E-state index contributed by atoms with van der Waals surface area (Å²) < 4.78 is 53.9.